The molecule has 0 aliphatic heterocycles. The fourth-order valence-corrected chi connectivity index (χ4v) is 0. The molecule has 0 saturated heterocycles. The summed E-state index contributed by atoms with van der Waals surface area (Å²) in [4.78, 5) is 0. The summed E-state index contributed by atoms with van der Waals surface area (Å²) in [5.74, 6) is 0. The van der Waals surface area contributed by atoms with Crippen molar-refractivity contribution in [1.82, 2.24) is 0 Å². The van der Waals surface area contributed by atoms with Crippen LogP contribution in [0.4, 0.5) is 0 Å². The van der Waals surface area contributed by atoms with Gasteiger partial charge in [-0.25, -0.2) is 0 Å². The average molecular weight is 557 g/mol. The summed E-state index contributed by atoms with van der Waals surface area (Å²) in [6, 6.07) is 0. The third-order valence-corrected chi connectivity index (χ3v) is 0. The fraction of sp³-hybridized carbons (Fsp3) is 0. The molecular formula is NbTaTiVW. The third kappa shape index (κ3) is 18.6. The summed E-state index contributed by atoms with van der Waals surface area (Å²) in [6.07, 6.45) is 0. The zero-order valence-corrected chi connectivity index (χ0v) is 13.6. The largest absolute Gasteiger partial charge is 0 e. The standard InChI is InChI=1S/Nb.Ta.Ti.V.W. The summed E-state index contributed by atoms with van der Waals surface area (Å²) in [5, 5.41) is 0. The molecule has 0 unspecified atom stereocenters. The van der Waals surface area contributed by atoms with Gasteiger partial charge in [-0.1, -0.05) is 0 Å². The number of hydrogen-bond donors (Lipinski definition) is 0. The molecule has 0 bridgehead atoms. The van der Waals surface area contributed by atoms with E-state index in [2.05, 4.69) is 0 Å². The van der Waals surface area contributed by atoms with Gasteiger partial charge < -0.3 is 0 Å². The van der Waals surface area contributed by atoms with Crippen molar-refractivity contribution < 1.29 is 106 Å². The summed E-state index contributed by atoms with van der Waals surface area (Å²) in [6.45, 7) is 0. The van der Waals surface area contributed by atoms with Gasteiger partial charge in [0.15, 0.2) is 0 Å². The van der Waals surface area contributed by atoms with Crippen molar-refractivity contribution >= 4 is 0 Å². The molecule has 0 aliphatic rings. The molecule has 0 rings (SSSR count). The summed E-state index contributed by atoms with van der Waals surface area (Å²) < 4.78 is 0. The van der Waals surface area contributed by atoms with Gasteiger partial charge in [0.25, 0.3) is 0 Å². The first-order valence-corrected chi connectivity index (χ1v) is 0. The Morgan fingerprint density at radius 3 is 1.00 bits per heavy atom. The van der Waals surface area contributed by atoms with Gasteiger partial charge in [-0.15, -0.1) is 0 Å². The molecule has 0 aromatic rings. The summed E-state index contributed by atoms with van der Waals surface area (Å²) in [7, 11) is 0. The van der Waals surface area contributed by atoms with Gasteiger partial charge in [0.05, 0.1) is 0 Å². The van der Waals surface area contributed by atoms with E-state index in [-0.39, 0.29) is 106 Å². The van der Waals surface area contributed by atoms with Gasteiger partial charge in [-0.2, -0.15) is 0 Å². The molecule has 0 N–H and O–H groups in total. The van der Waals surface area contributed by atoms with Crippen molar-refractivity contribution in [2.24, 2.45) is 0 Å². The van der Waals surface area contributed by atoms with Gasteiger partial charge in [-0.3, -0.25) is 0 Å². The van der Waals surface area contributed by atoms with Crippen LogP contribution in [0.25, 0.3) is 0 Å². The smallest absolute Gasteiger partial charge is 0 e. The first-order valence-electron chi connectivity index (χ1n) is 0. The predicted octanol–water partition coefficient (Wildman–Crippen LogP) is -0.0125. The van der Waals surface area contributed by atoms with Crippen molar-refractivity contribution in [2.45, 2.75) is 0 Å². The van der Waals surface area contributed by atoms with Crippen LogP contribution in [-0.2, 0) is 106 Å². The van der Waals surface area contributed by atoms with Crippen molar-refractivity contribution in [3.8, 4) is 0 Å². The van der Waals surface area contributed by atoms with Crippen LogP contribution in [0.5, 0.6) is 0 Å². The SMILES string of the molecule is [Nb].[Ta].[Ti].[V].[W]. The van der Waals surface area contributed by atoms with Gasteiger partial charge in [-0.05, 0) is 0 Å². The van der Waals surface area contributed by atoms with E-state index < -0.39 is 0 Å². The van der Waals surface area contributed by atoms with Crippen LogP contribution in [0.2, 0.25) is 0 Å². The van der Waals surface area contributed by atoms with E-state index in [1.165, 1.54) is 0 Å². The molecule has 0 amide bonds. The van der Waals surface area contributed by atoms with Crippen molar-refractivity contribution in [3.63, 3.8) is 0 Å². The molecular weight excluding hydrogens is 557 g/mol. The quantitative estimate of drug-likeness (QED) is 0.369. The van der Waals surface area contributed by atoms with Gasteiger partial charge in [0, 0.05) is 106 Å². The monoisotopic (exact) mass is 557 g/mol. The Morgan fingerprint density at radius 1 is 1.00 bits per heavy atom. The van der Waals surface area contributed by atoms with E-state index in [1.807, 2.05) is 0 Å². The second kappa shape index (κ2) is 26.0. The molecule has 5 heavy (non-hydrogen) atoms. The molecule has 25 valence electrons. The Labute approximate surface area is 104 Å². The van der Waals surface area contributed by atoms with Gasteiger partial charge in [0.2, 0.25) is 0 Å². The maximum atomic E-state index is 0. The van der Waals surface area contributed by atoms with Crippen molar-refractivity contribution in [3.05, 3.63) is 0 Å². The predicted molar refractivity (Wildman–Crippen MR) is 0 cm³/mol. The molecule has 0 aromatic heterocycles. The molecule has 0 nitrogen and oxygen atoms in total. The van der Waals surface area contributed by atoms with Crippen LogP contribution in [0.3, 0.4) is 0 Å². The number of hydrogen-bond acceptors (Lipinski definition) is 0. The van der Waals surface area contributed by atoms with Crippen molar-refractivity contribution in [1.29, 1.82) is 0 Å². The maximum Gasteiger partial charge on any atom is 0 e. The van der Waals surface area contributed by atoms with Crippen LogP contribution in [0.15, 0.2) is 0 Å². The summed E-state index contributed by atoms with van der Waals surface area (Å²) in [5.41, 5.74) is 0. The summed E-state index contributed by atoms with van der Waals surface area (Å²) >= 11 is 0. The van der Waals surface area contributed by atoms with Crippen LogP contribution >= 0.6 is 0 Å². The zero-order valence-electron chi connectivity index (χ0n) is 2.25. The van der Waals surface area contributed by atoms with Crippen LogP contribution < -0.4 is 0 Å². The third-order valence-electron chi connectivity index (χ3n) is 0. The minimum atomic E-state index is 0. The second-order valence-electron chi connectivity index (χ2n) is 0. The Balaban J connectivity index is 0. The van der Waals surface area contributed by atoms with E-state index in [1.54, 1.807) is 0 Å². The van der Waals surface area contributed by atoms with E-state index in [4.69, 9.17) is 0 Å². The minimum absolute atomic E-state index is 0. The van der Waals surface area contributed by atoms with Crippen LogP contribution in [0.1, 0.15) is 0 Å². The molecule has 0 spiro atoms. The number of rotatable bonds is 0. The van der Waals surface area contributed by atoms with E-state index >= 15 is 0 Å². The maximum absolute atomic E-state index is 0. The normalized spacial score (nSPS) is 0. The zero-order chi connectivity index (χ0) is 0. The Kier molecular flexibility index (Phi) is 204. The molecule has 3 radical (unpaired) electrons. The Hall–Kier alpha value is 3.47. The molecule has 0 atom stereocenters. The molecule has 0 saturated carbocycles. The van der Waals surface area contributed by atoms with E-state index in [9.17, 15) is 0 Å². The van der Waals surface area contributed by atoms with E-state index in [0.29, 0.717) is 0 Å². The van der Waals surface area contributed by atoms with Gasteiger partial charge in [0.1, 0.15) is 0 Å². The Bertz CT molecular complexity index is 11.6. The molecule has 0 heterocycles. The van der Waals surface area contributed by atoms with E-state index in [0.717, 1.165) is 0 Å². The minimum Gasteiger partial charge on any atom is 0 e. The molecule has 5 heteroatoms. The first kappa shape index (κ1) is 39.3. The van der Waals surface area contributed by atoms with Crippen LogP contribution in [0, 0.1) is 0 Å². The average Bonchev–Trinajstić information content (AvgIpc) is 0. The molecule has 0 aliphatic carbocycles. The van der Waals surface area contributed by atoms with Crippen molar-refractivity contribution in [2.75, 3.05) is 0 Å². The topological polar surface area (TPSA) is 0 Å². The molecule has 0 fully saturated rings. The first-order chi connectivity index (χ1) is 0. The Morgan fingerprint density at radius 2 is 1.00 bits per heavy atom. The molecule has 0 aromatic carbocycles. The fourth-order valence-electron chi connectivity index (χ4n) is 0. The second-order valence-corrected chi connectivity index (χ2v) is 0. The van der Waals surface area contributed by atoms with Crippen LogP contribution in [-0.4, -0.2) is 0 Å². The van der Waals surface area contributed by atoms with Gasteiger partial charge >= 0.3 is 0 Å².